The van der Waals surface area contributed by atoms with Crippen LogP contribution in [0.4, 0.5) is 0 Å². The van der Waals surface area contributed by atoms with Crippen LogP contribution in [0.3, 0.4) is 0 Å². The van der Waals surface area contributed by atoms with Crippen molar-refractivity contribution in [1.82, 2.24) is 0 Å². The van der Waals surface area contributed by atoms with Gasteiger partial charge in [-0.15, -0.1) is 0 Å². The summed E-state index contributed by atoms with van der Waals surface area (Å²) in [6, 6.07) is 0. The minimum absolute atomic E-state index is 0.463. The van der Waals surface area contributed by atoms with Gasteiger partial charge in [-0.1, -0.05) is 39.3 Å². The standard InChI is InChI=1S/C14H26O/c1-10(2)9-15-14-8-12(5)6-7-13(14)11(3)4/h11-14H,1,6-9H2,2-5H3/t12-,13+,14-/m0/s1. The molecule has 0 heterocycles. The summed E-state index contributed by atoms with van der Waals surface area (Å²) in [7, 11) is 0. The summed E-state index contributed by atoms with van der Waals surface area (Å²) in [5.74, 6) is 2.32. The molecular weight excluding hydrogens is 184 g/mol. The smallest absolute Gasteiger partial charge is 0.0675 e. The molecule has 1 rings (SSSR count). The van der Waals surface area contributed by atoms with Crippen LogP contribution in [0.1, 0.15) is 47.0 Å². The molecule has 0 aliphatic heterocycles. The van der Waals surface area contributed by atoms with Crippen LogP contribution >= 0.6 is 0 Å². The van der Waals surface area contributed by atoms with Gasteiger partial charge in [-0.05, 0) is 37.5 Å². The molecule has 0 amide bonds. The van der Waals surface area contributed by atoms with Gasteiger partial charge in [0, 0.05) is 0 Å². The first kappa shape index (κ1) is 12.8. The minimum atomic E-state index is 0.463. The molecule has 0 bridgehead atoms. The van der Waals surface area contributed by atoms with Crippen molar-refractivity contribution in [2.24, 2.45) is 17.8 Å². The predicted molar refractivity (Wildman–Crippen MR) is 65.9 cm³/mol. The van der Waals surface area contributed by atoms with Gasteiger partial charge in [0.2, 0.25) is 0 Å². The number of ether oxygens (including phenoxy) is 1. The van der Waals surface area contributed by atoms with Gasteiger partial charge in [-0.25, -0.2) is 0 Å². The molecule has 0 aromatic rings. The lowest BCUT2D eigenvalue weighted by molar-refractivity contribution is -0.0286. The molecule has 1 aliphatic carbocycles. The molecule has 1 aliphatic rings. The maximum Gasteiger partial charge on any atom is 0.0675 e. The Balaban J connectivity index is 2.50. The van der Waals surface area contributed by atoms with Crippen molar-refractivity contribution < 1.29 is 4.74 Å². The topological polar surface area (TPSA) is 9.23 Å². The molecule has 0 unspecified atom stereocenters. The average Bonchev–Trinajstić information content (AvgIpc) is 2.14. The zero-order valence-corrected chi connectivity index (χ0v) is 10.8. The second-order valence-electron chi connectivity index (χ2n) is 5.63. The molecule has 1 fully saturated rings. The highest BCUT2D eigenvalue weighted by Gasteiger charge is 2.31. The molecule has 0 aromatic carbocycles. The van der Waals surface area contributed by atoms with Crippen LogP contribution in [0.15, 0.2) is 12.2 Å². The fraction of sp³-hybridized carbons (Fsp3) is 0.857. The van der Waals surface area contributed by atoms with Crippen LogP contribution in [0, 0.1) is 17.8 Å². The Morgan fingerprint density at radius 3 is 2.60 bits per heavy atom. The van der Waals surface area contributed by atoms with Crippen molar-refractivity contribution in [3.05, 3.63) is 12.2 Å². The molecule has 1 nitrogen and oxygen atoms in total. The van der Waals surface area contributed by atoms with Gasteiger partial charge in [0.25, 0.3) is 0 Å². The van der Waals surface area contributed by atoms with Crippen LogP contribution < -0.4 is 0 Å². The molecule has 88 valence electrons. The minimum Gasteiger partial charge on any atom is -0.374 e. The van der Waals surface area contributed by atoms with E-state index in [-0.39, 0.29) is 0 Å². The van der Waals surface area contributed by atoms with E-state index >= 15 is 0 Å². The second kappa shape index (κ2) is 5.69. The Bertz CT molecular complexity index is 207. The van der Waals surface area contributed by atoms with Crippen LogP contribution in [0.25, 0.3) is 0 Å². The third kappa shape index (κ3) is 3.98. The van der Waals surface area contributed by atoms with Crippen molar-refractivity contribution in [1.29, 1.82) is 0 Å². The SMILES string of the molecule is C=C(C)CO[C@H]1C[C@@H](C)CC[C@@H]1C(C)C. The van der Waals surface area contributed by atoms with E-state index < -0.39 is 0 Å². The van der Waals surface area contributed by atoms with Crippen LogP contribution in [0.2, 0.25) is 0 Å². The highest BCUT2D eigenvalue weighted by molar-refractivity contribution is 4.89. The van der Waals surface area contributed by atoms with Gasteiger partial charge in [-0.2, -0.15) is 0 Å². The molecule has 1 saturated carbocycles. The quantitative estimate of drug-likeness (QED) is 0.636. The van der Waals surface area contributed by atoms with Gasteiger partial charge in [-0.3, -0.25) is 0 Å². The summed E-state index contributed by atoms with van der Waals surface area (Å²) in [6.45, 7) is 13.7. The van der Waals surface area contributed by atoms with Gasteiger partial charge in [0.15, 0.2) is 0 Å². The number of hydrogen-bond acceptors (Lipinski definition) is 1. The first-order chi connectivity index (χ1) is 7.00. The van der Waals surface area contributed by atoms with Gasteiger partial charge < -0.3 is 4.74 Å². The Hall–Kier alpha value is -0.300. The monoisotopic (exact) mass is 210 g/mol. The Kier molecular flexibility index (Phi) is 4.85. The van der Waals surface area contributed by atoms with E-state index in [1.165, 1.54) is 19.3 Å². The summed E-state index contributed by atoms with van der Waals surface area (Å²) >= 11 is 0. The van der Waals surface area contributed by atoms with Crippen molar-refractivity contribution in [3.8, 4) is 0 Å². The van der Waals surface area contributed by atoms with E-state index in [1.54, 1.807) is 0 Å². The van der Waals surface area contributed by atoms with Gasteiger partial charge in [0.05, 0.1) is 12.7 Å². The van der Waals surface area contributed by atoms with Gasteiger partial charge >= 0.3 is 0 Å². The largest absolute Gasteiger partial charge is 0.374 e. The van der Waals surface area contributed by atoms with Gasteiger partial charge in [0.1, 0.15) is 0 Å². The number of hydrogen-bond donors (Lipinski definition) is 0. The first-order valence-corrected chi connectivity index (χ1v) is 6.26. The second-order valence-corrected chi connectivity index (χ2v) is 5.63. The summed E-state index contributed by atoms with van der Waals surface area (Å²) in [4.78, 5) is 0. The number of rotatable bonds is 4. The van der Waals surface area contributed by atoms with E-state index in [2.05, 4.69) is 27.4 Å². The fourth-order valence-electron chi connectivity index (χ4n) is 2.56. The summed E-state index contributed by atoms with van der Waals surface area (Å²) in [6.07, 6.45) is 4.40. The molecule has 0 spiro atoms. The predicted octanol–water partition coefficient (Wildman–Crippen LogP) is 4.04. The fourth-order valence-corrected chi connectivity index (χ4v) is 2.56. The Morgan fingerprint density at radius 2 is 2.07 bits per heavy atom. The lowest BCUT2D eigenvalue weighted by Crippen LogP contribution is -2.34. The summed E-state index contributed by atoms with van der Waals surface area (Å²) in [5.41, 5.74) is 1.13. The third-order valence-electron chi connectivity index (χ3n) is 3.51. The first-order valence-electron chi connectivity index (χ1n) is 6.26. The van der Waals surface area contributed by atoms with Crippen molar-refractivity contribution in [2.75, 3.05) is 6.61 Å². The van der Waals surface area contributed by atoms with E-state index in [1.807, 2.05) is 6.92 Å². The molecule has 0 saturated heterocycles. The zero-order chi connectivity index (χ0) is 11.4. The lowest BCUT2D eigenvalue weighted by atomic mass is 9.75. The summed E-state index contributed by atoms with van der Waals surface area (Å²) in [5, 5.41) is 0. The van der Waals surface area contributed by atoms with E-state index in [4.69, 9.17) is 4.74 Å². The van der Waals surface area contributed by atoms with Crippen molar-refractivity contribution in [2.45, 2.75) is 53.1 Å². The average molecular weight is 210 g/mol. The van der Waals surface area contributed by atoms with Crippen molar-refractivity contribution >= 4 is 0 Å². The molecular formula is C14H26O. The zero-order valence-electron chi connectivity index (χ0n) is 10.8. The lowest BCUT2D eigenvalue weighted by Gasteiger charge is -2.37. The highest BCUT2D eigenvalue weighted by Crippen LogP contribution is 2.35. The third-order valence-corrected chi connectivity index (χ3v) is 3.51. The molecule has 0 aromatic heterocycles. The maximum absolute atomic E-state index is 5.99. The maximum atomic E-state index is 5.99. The van der Waals surface area contributed by atoms with E-state index in [9.17, 15) is 0 Å². The van der Waals surface area contributed by atoms with Crippen LogP contribution in [0.5, 0.6) is 0 Å². The molecule has 3 atom stereocenters. The Labute approximate surface area is 94.9 Å². The normalized spacial score (nSPS) is 31.9. The Morgan fingerprint density at radius 1 is 1.40 bits per heavy atom. The molecule has 0 N–H and O–H groups in total. The van der Waals surface area contributed by atoms with Crippen LogP contribution in [-0.4, -0.2) is 12.7 Å². The summed E-state index contributed by atoms with van der Waals surface area (Å²) < 4.78 is 5.99. The highest BCUT2D eigenvalue weighted by atomic mass is 16.5. The van der Waals surface area contributed by atoms with E-state index in [0.29, 0.717) is 6.10 Å². The molecule has 1 heteroatoms. The van der Waals surface area contributed by atoms with Crippen molar-refractivity contribution in [3.63, 3.8) is 0 Å². The van der Waals surface area contributed by atoms with E-state index in [0.717, 1.165) is 29.9 Å². The van der Waals surface area contributed by atoms with Crippen LogP contribution in [-0.2, 0) is 4.74 Å². The molecule has 15 heavy (non-hydrogen) atoms. The molecule has 0 radical (unpaired) electrons.